The molecule has 0 aliphatic heterocycles. The Morgan fingerprint density at radius 2 is 1.77 bits per heavy atom. The van der Waals surface area contributed by atoms with Gasteiger partial charge in [-0.2, -0.15) is 0 Å². The third-order valence-corrected chi connectivity index (χ3v) is 4.08. The maximum Gasteiger partial charge on any atom is 0.230 e. The Morgan fingerprint density at radius 1 is 1.14 bits per heavy atom. The van der Waals surface area contributed by atoms with Gasteiger partial charge in [0.25, 0.3) is 0 Å². The number of rotatable bonds is 8. The number of amides is 1. The summed E-state index contributed by atoms with van der Waals surface area (Å²) < 4.78 is 20.7. The fourth-order valence-corrected chi connectivity index (χ4v) is 2.51. The van der Waals surface area contributed by atoms with Crippen LogP contribution in [-0.2, 0) is 19.7 Å². The van der Waals surface area contributed by atoms with Crippen molar-refractivity contribution in [2.24, 2.45) is 0 Å². The van der Waals surface area contributed by atoms with Gasteiger partial charge in [-0.3, -0.25) is 4.79 Å². The molecule has 0 atom stereocenters. The topological polar surface area (TPSA) is 66.0 Å². The minimum absolute atomic E-state index is 0.0150. The number of hydrogen-bond donors (Lipinski definition) is 1. The lowest BCUT2D eigenvalue weighted by atomic mass is 9.94. The van der Waals surface area contributed by atoms with Crippen LogP contribution in [0.2, 0.25) is 0 Å². The first kappa shape index (κ1) is 16.6. The third-order valence-electron chi connectivity index (χ3n) is 4.08. The SMILES string of the molecule is COc1ccc(C2(C(=O)NCC(OC)OC)CC2)cc1OC. The van der Waals surface area contributed by atoms with E-state index in [4.69, 9.17) is 18.9 Å². The lowest BCUT2D eigenvalue weighted by molar-refractivity contribution is -0.129. The van der Waals surface area contributed by atoms with Gasteiger partial charge in [-0.1, -0.05) is 6.07 Å². The van der Waals surface area contributed by atoms with Crippen molar-refractivity contribution >= 4 is 5.91 Å². The van der Waals surface area contributed by atoms with Gasteiger partial charge in [0.2, 0.25) is 5.91 Å². The molecule has 0 saturated heterocycles. The summed E-state index contributed by atoms with van der Waals surface area (Å²) in [7, 11) is 6.26. The smallest absolute Gasteiger partial charge is 0.230 e. The zero-order valence-corrected chi connectivity index (χ0v) is 13.5. The number of carbonyl (C=O) groups is 1. The zero-order valence-electron chi connectivity index (χ0n) is 13.5. The number of ether oxygens (including phenoxy) is 4. The summed E-state index contributed by atoms with van der Waals surface area (Å²) >= 11 is 0. The predicted molar refractivity (Wildman–Crippen MR) is 81.3 cm³/mol. The highest BCUT2D eigenvalue weighted by Crippen LogP contribution is 2.50. The molecule has 22 heavy (non-hydrogen) atoms. The fraction of sp³-hybridized carbons (Fsp3) is 0.562. The lowest BCUT2D eigenvalue weighted by Crippen LogP contribution is -2.40. The highest BCUT2D eigenvalue weighted by Gasteiger charge is 2.51. The molecule has 6 heteroatoms. The van der Waals surface area contributed by atoms with E-state index in [1.807, 2.05) is 18.2 Å². The van der Waals surface area contributed by atoms with Gasteiger partial charge in [-0.25, -0.2) is 0 Å². The Labute approximate surface area is 130 Å². The van der Waals surface area contributed by atoms with E-state index < -0.39 is 11.7 Å². The molecule has 1 amide bonds. The van der Waals surface area contributed by atoms with Gasteiger partial charge in [0.05, 0.1) is 26.2 Å². The summed E-state index contributed by atoms with van der Waals surface area (Å²) in [5, 5.41) is 2.89. The Balaban J connectivity index is 2.12. The molecule has 1 aromatic rings. The van der Waals surface area contributed by atoms with Crippen LogP contribution in [0.3, 0.4) is 0 Å². The number of hydrogen-bond acceptors (Lipinski definition) is 5. The van der Waals surface area contributed by atoms with Crippen molar-refractivity contribution in [2.75, 3.05) is 35.0 Å². The molecule has 1 fully saturated rings. The summed E-state index contributed by atoms with van der Waals surface area (Å²) in [4.78, 5) is 12.5. The Morgan fingerprint density at radius 3 is 2.27 bits per heavy atom. The summed E-state index contributed by atoms with van der Waals surface area (Å²) in [6.07, 6.45) is 1.20. The Kier molecular flexibility index (Phi) is 5.26. The molecule has 1 aliphatic rings. The van der Waals surface area contributed by atoms with Gasteiger partial charge < -0.3 is 24.3 Å². The number of carbonyl (C=O) groups excluding carboxylic acids is 1. The van der Waals surface area contributed by atoms with Gasteiger partial charge in [0.15, 0.2) is 17.8 Å². The van der Waals surface area contributed by atoms with Crippen molar-refractivity contribution in [3.8, 4) is 11.5 Å². The van der Waals surface area contributed by atoms with E-state index >= 15 is 0 Å². The van der Waals surface area contributed by atoms with Crippen LogP contribution in [0.15, 0.2) is 18.2 Å². The van der Waals surface area contributed by atoms with Crippen LogP contribution in [-0.4, -0.2) is 47.2 Å². The van der Waals surface area contributed by atoms with Crippen molar-refractivity contribution < 1.29 is 23.7 Å². The van der Waals surface area contributed by atoms with Crippen molar-refractivity contribution in [1.29, 1.82) is 0 Å². The lowest BCUT2D eigenvalue weighted by Gasteiger charge is -2.20. The van der Waals surface area contributed by atoms with E-state index in [-0.39, 0.29) is 5.91 Å². The highest BCUT2D eigenvalue weighted by molar-refractivity contribution is 5.91. The van der Waals surface area contributed by atoms with Gasteiger partial charge in [-0.15, -0.1) is 0 Å². The number of nitrogens with one attached hydrogen (secondary N) is 1. The third kappa shape index (κ3) is 3.18. The molecule has 0 heterocycles. The van der Waals surface area contributed by atoms with Crippen LogP contribution in [0.1, 0.15) is 18.4 Å². The number of benzene rings is 1. The van der Waals surface area contributed by atoms with Crippen LogP contribution >= 0.6 is 0 Å². The Bertz CT molecular complexity index is 523. The Hall–Kier alpha value is -1.79. The van der Waals surface area contributed by atoms with E-state index in [2.05, 4.69) is 5.32 Å². The van der Waals surface area contributed by atoms with Crippen LogP contribution in [0.5, 0.6) is 11.5 Å². The molecule has 6 nitrogen and oxygen atoms in total. The predicted octanol–water partition coefficient (Wildman–Crippen LogP) is 1.47. The first-order valence-electron chi connectivity index (χ1n) is 7.17. The highest BCUT2D eigenvalue weighted by atomic mass is 16.7. The molecule has 0 unspecified atom stereocenters. The molecule has 0 radical (unpaired) electrons. The van der Waals surface area contributed by atoms with E-state index in [0.29, 0.717) is 18.0 Å². The normalized spacial score (nSPS) is 15.5. The molecule has 0 bridgehead atoms. The van der Waals surface area contributed by atoms with E-state index in [0.717, 1.165) is 18.4 Å². The molecular weight excluding hydrogens is 286 g/mol. The standard InChI is InChI=1S/C16H23NO5/c1-19-12-6-5-11(9-13(12)20-2)16(7-8-16)15(18)17-10-14(21-3)22-4/h5-6,9,14H,7-8,10H2,1-4H3,(H,17,18). The zero-order chi connectivity index (χ0) is 16.2. The van der Waals surface area contributed by atoms with Crippen molar-refractivity contribution in [3.05, 3.63) is 23.8 Å². The molecule has 122 valence electrons. The quantitative estimate of drug-likeness (QED) is 0.737. The fourth-order valence-electron chi connectivity index (χ4n) is 2.51. The summed E-state index contributed by atoms with van der Waals surface area (Å²) in [5.41, 5.74) is 0.458. The average molecular weight is 309 g/mol. The second-order valence-electron chi connectivity index (χ2n) is 5.26. The first-order valence-corrected chi connectivity index (χ1v) is 7.17. The molecule has 2 rings (SSSR count). The van der Waals surface area contributed by atoms with Crippen molar-refractivity contribution in [3.63, 3.8) is 0 Å². The summed E-state index contributed by atoms with van der Waals surface area (Å²) in [6.45, 7) is 0.320. The van der Waals surface area contributed by atoms with Crippen LogP contribution in [0, 0.1) is 0 Å². The molecule has 0 aromatic heterocycles. The molecule has 1 N–H and O–H groups in total. The van der Waals surface area contributed by atoms with Gasteiger partial charge >= 0.3 is 0 Å². The summed E-state index contributed by atoms with van der Waals surface area (Å²) in [6, 6.07) is 5.61. The number of methoxy groups -OCH3 is 4. The van der Waals surface area contributed by atoms with E-state index in [9.17, 15) is 4.79 Å². The second-order valence-corrected chi connectivity index (χ2v) is 5.26. The summed E-state index contributed by atoms with van der Waals surface area (Å²) in [5.74, 6) is 1.27. The van der Waals surface area contributed by atoms with Gasteiger partial charge in [0.1, 0.15) is 0 Å². The van der Waals surface area contributed by atoms with Gasteiger partial charge in [0, 0.05) is 14.2 Å². The maximum atomic E-state index is 12.5. The van der Waals surface area contributed by atoms with E-state index in [1.54, 1.807) is 28.4 Å². The minimum Gasteiger partial charge on any atom is -0.493 e. The minimum atomic E-state index is -0.481. The second kappa shape index (κ2) is 6.98. The van der Waals surface area contributed by atoms with Crippen molar-refractivity contribution in [1.82, 2.24) is 5.32 Å². The van der Waals surface area contributed by atoms with Crippen LogP contribution < -0.4 is 14.8 Å². The monoisotopic (exact) mass is 309 g/mol. The van der Waals surface area contributed by atoms with Crippen LogP contribution in [0.25, 0.3) is 0 Å². The van der Waals surface area contributed by atoms with Crippen LogP contribution in [0.4, 0.5) is 0 Å². The van der Waals surface area contributed by atoms with Crippen molar-refractivity contribution in [2.45, 2.75) is 24.5 Å². The molecule has 1 saturated carbocycles. The largest absolute Gasteiger partial charge is 0.493 e. The first-order chi connectivity index (χ1) is 10.6. The molecule has 0 spiro atoms. The molecule has 1 aromatic carbocycles. The molecule has 1 aliphatic carbocycles. The van der Waals surface area contributed by atoms with Gasteiger partial charge in [-0.05, 0) is 30.5 Å². The van der Waals surface area contributed by atoms with E-state index in [1.165, 1.54) is 0 Å². The maximum absolute atomic E-state index is 12.5. The average Bonchev–Trinajstić information content (AvgIpc) is 3.36. The molecular formula is C16H23NO5.